The van der Waals surface area contributed by atoms with Crippen LogP contribution in [0, 0.1) is 12.8 Å². The number of aromatic nitrogens is 4. The van der Waals surface area contributed by atoms with E-state index in [0.29, 0.717) is 17.4 Å². The number of anilines is 1. The molecule has 2 aliphatic rings. The minimum atomic E-state index is -4.61. The van der Waals surface area contributed by atoms with E-state index in [2.05, 4.69) is 39.1 Å². The van der Waals surface area contributed by atoms with E-state index in [1.165, 1.54) is 30.4 Å². The predicted molar refractivity (Wildman–Crippen MR) is 105 cm³/mol. The van der Waals surface area contributed by atoms with Crippen molar-refractivity contribution in [3.8, 4) is 0 Å². The molecule has 4 rings (SSSR count). The SMILES string of the molecule is C=CC1=C(/C=C/C2CCC2)CCC(Nc2cc(C)nc3nc(C(F)(F)F)nn23)C1. The predicted octanol–water partition coefficient (Wildman–Crippen LogP) is 5.25. The van der Waals surface area contributed by atoms with Crippen molar-refractivity contribution in [1.82, 2.24) is 19.6 Å². The standard InChI is InChI=1S/C21H24F3N5/c1-3-15-12-17(10-9-16(15)8-7-14-5-4-6-14)26-18-11-13(2)25-20-27-19(21(22,23)24)28-29(18)20/h3,7-8,11,14,17,26H,1,4-6,9-10,12H2,2H3/b8-7+. The van der Waals surface area contributed by atoms with Crippen molar-refractivity contribution >= 4 is 11.6 Å². The smallest absolute Gasteiger partial charge is 0.367 e. The zero-order valence-corrected chi connectivity index (χ0v) is 16.3. The fourth-order valence-electron chi connectivity index (χ4n) is 3.82. The number of fused-ring (bicyclic) bond motifs is 1. The van der Waals surface area contributed by atoms with Crippen molar-refractivity contribution < 1.29 is 13.2 Å². The molecular formula is C21H24F3N5. The van der Waals surface area contributed by atoms with Crippen LogP contribution < -0.4 is 5.32 Å². The van der Waals surface area contributed by atoms with E-state index in [4.69, 9.17) is 0 Å². The van der Waals surface area contributed by atoms with Gasteiger partial charge in [-0.1, -0.05) is 31.2 Å². The van der Waals surface area contributed by atoms with Gasteiger partial charge in [-0.2, -0.15) is 22.7 Å². The molecule has 1 saturated carbocycles. The Kier molecular flexibility index (Phi) is 5.19. The van der Waals surface area contributed by atoms with Crippen LogP contribution in [0.3, 0.4) is 0 Å². The number of hydrogen-bond acceptors (Lipinski definition) is 4. The molecule has 2 aliphatic carbocycles. The van der Waals surface area contributed by atoms with Gasteiger partial charge in [-0.15, -0.1) is 5.10 Å². The second kappa shape index (κ2) is 7.65. The fraction of sp³-hybridized carbons (Fsp3) is 0.476. The third-order valence-electron chi connectivity index (χ3n) is 5.65. The van der Waals surface area contributed by atoms with E-state index in [0.717, 1.165) is 23.8 Å². The Hall–Kier alpha value is -2.64. The summed E-state index contributed by atoms with van der Waals surface area (Å²) in [6.07, 6.45) is 8.22. The minimum Gasteiger partial charge on any atom is -0.367 e. The van der Waals surface area contributed by atoms with E-state index in [-0.39, 0.29) is 11.8 Å². The van der Waals surface area contributed by atoms with Gasteiger partial charge in [0, 0.05) is 17.8 Å². The highest BCUT2D eigenvalue weighted by molar-refractivity contribution is 5.47. The Bertz CT molecular complexity index is 982. The highest BCUT2D eigenvalue weighted by atomic mass is 19.4. The van der Waals surface area contributed by atoms with Crippen molar-refractivity contribution in [2.24, 2.45) is 5.92 Å². The summed E-state index contributed by atoms with van der Waals surface area (Å²) in [5, 5.41) is 6.97. The van der Waals surface area contributed by atoms with E-state index in [1.54, 1.807) is 13.0 Å². The largest absolute Gasteiger partial charge is 0.453 e. The second-order valence-corrected chi connectivity index (χ2v) is 7.82. The summed E-state index contributed by atoms with van der Waals surface area (Å²) in [4.78, 5) is 7.61. The maximum absolute atomic E-state index is 13.0. The summed E-state index contributed by atoms with van der Waals surface area (Å²) in [5.74, 6) is -0.0679. The van der Waals surface area contributed by atoms with E-state index in [9.17, 15) is 13.2 Å². The molecule has 2 aromatic heterocycles. The zero-order chi connectivity index (χ0) is 20.6. The first kappa shape index (κ1) is 19.7. The summed E-state index contributed by atoms with van der Waals surface area (Å²) >= 11 is 0. The minimum absolute atomic E-state index is 0.0563. The normalized spacial score (nSPS) is 21.0. The van der Waals surface area contributed by atoms with Crippen LogP contribution in [0.2, 0.25) is 0 Å². The zero-order valence-electron chi connectivity index (χ0n) is 16.3. The van der Waals surface area contributed by atoms with E-state index < -0.39 is 12.0 Å². The van der Waals surface area contributed by atoms with Crippen LogP contribution in [-0.2, 0) is 6.18 Å². The molecule has 8 heteroatoms. The molecule has 154 valence electrons. The summed E-state index contributed by atoms with van der Waals surface area (Å²) in [6, 6.07) is 1.78. The van der Waals surface area contributed by atoms with Gasteiger partial charge in [0.15, 0.2) is 0 Å². The van der Waals surface area contributed by atoms with Gasteiger partial charge in [-0.3, -0.25) is 0 Å². The van der Waals surface area contributed by atoms with Crippen molar-refractivity contribution in [3.63, 3.8) is 0 Å². The summed E-state index contributed by atoms with van der Waals surface area (Å²) < 4.78 is 40.2. The van der Waals surface area contributed by atoms with Crippen LogP contribution in [0.15, 0.2) is 42.0 Å². The van der Waals surface area contributed by atoms with Gasteiger partial charge in [0.05, 0.1) is 0 Å². The first-order chi connectivity index (χ1) is 13.8. The van der Waals surface area contributed by atoms with Crippen LogP contribution in [0.1, 0.15) is 50.0 Å². The Morgan fingerprint density at radius 2 is 2.00 bits per heavy atom. The van der Waals surface area contributed by atoms with Crippen LogP contribution in [0.25, 0.3) is 5.78 Å². The summed E-state index contributed by atoms with van der Waals surface area (Å²) in [6.45, 7) is 5.68. The van der Waals surface area contributed by atoms with Crippen molar-refractivity contribution in [1.29, 1.82) is 0 Å². The van der Waals surface area contributed by atoms with Crippen LogP contribution in [-0.4, -0.2) is 25.6 Å². The first-order valence-electron chi connectivity index (χ1n) is 9.94. The Labute approximate surface area is 167 Å². The van der Waals surface area contributed by atoms with Crippen molar-refractivity contribution in [3.05, 3.63) is 53.5 Å². The van der Waals surface area contributed by atoms with Gasteiger partial charge in [0.1, 0.15) is 5.82 Å². The molecule has 1 fully saturated rings. The van der Waals surface area contributed by atoms with Crippen LogP contribution in [0.5, 0.6) is 0 Å². The highest BCUT2D eigenvalue weighted by Crippen LogP contribution is 2.32. The van der Waals surface area contributed by atoms with Gasteiger partial charge in [-0.25, -0.2) is 4.98 Å². The van der Waals surface area contributed by atoms with Gasteiger partial charge in [0.2, 0.25) is 0 Å². The lowest BCUT2D eigenvalue weighted by molar-refractivity contribution is -0.144. The molecule has 2 heterocycles. The van der Waals surface area contributed by atoms with Gasteiger partial charge < -0.3 is 5.32 Å². The molecule has 0 radical (unpaired) electrons. The number of nitrogens with zero attached hydrogens (tertiary/aromatic N) is 4. The molecule has 5 nitrogen and oxygen atoms in total. The summed E-state index contributed by atoms with van der Waals surface area (Å²) in [7, 11) is 0. The quantitative estimate of drug-likeness (QED) is 0.740. The number of halogens is 3. The molecule has 1 atom stereocenters. The number of rotatable bonds is 5. The molecule has 29 heavy (non-hydrogen) atoms. The average Bonchev–Trinajstić information content (AvgIpc) is 3.06. The lowest BCUT2D eigenvalue weighted by atomic mass is 9.83. The third kappa shape index (κ3) is 4.21. The maximum Gasteiger partial charge on any atom is 0.453 e. The number of aryl methyl sites for hydroxylation is 1. The van der Waals surface area contributed by atoms with Crippen LogP contribution in [0.4, 0.5) is 19.0 Å². The number of hydrogen-bond donors (Lipinski definition) is 1. The summed E-state index contributed by atoms with van der Waals surface area (Å²) in [5.41, 5.74) is 3.07. The van der Waals surface area contributed by atoms with Gasteiger partial charge in [-0.05, 0) is 56.1 Å². The number of allylic oxidation sites excluding steroid dienone is 4. The first-order valence-corrected chi connectivity index (χ1v) is 9.94. The molecule has 0 saturated heterocycles. The van der Waals surface area contributed by atoms with Crippen LogP contribution >= 0.6 is 0 Å². The molecule has 0 aromatic carbocycles. The Morgan fingerprint density at radius 3 is 2.66 bits per heavy atom. The van der Waals surface area contributed by atoms with Gasteiger partial charge in [0.25, 0.3) is 11.6 Å². The molecule has 2 aromatic rings. The maximum atomic E-state index is 13.0. The Morgan fingerprint density at radius 1 is 1.21 bits per heavy atom. The lowest BCUT2D eigenvalue weighted by Gasteiger charge is -2.27. The van der Waals surface area contributed by atoms with E-state index >= 15 is 0 Å². The van der Waals surface area contributed by atoms with Gasteiger partial charge >= 0.3 is 6.18 Å². The molecule has 0 aliphatic heterocycles. The fourth-order valence-corrected chi connectivity index (χ4v) is 3.82. The second-order valence-electron chi connectivity index (χ2n) is 7.82. The molecular weight excluding hydrogens is 379 g/mol. The number of nitrogens with one attached hydrogen (secondary N) is 1. The average molecular weight is 403 g/mol. The molecule has 1 N–H and O–H groups in total. The molecule has 0 amide bonds. The Balaban J connectivity index is 1.55. The topological polar surface area (TPSA) is 55.1 Å². The third-order valence-corrected chi connectivity index (χ3v) is 5.65. The molecule has 1 unspecified atom stereocenters. The van der Waals surface area contributed by atoms with Crippen molar-refractivity contribution in [2.75, 3.05) is 5.32 Å². The number of alkyl halides is 3. The highest BCUT2D eigenvalue weighted by Gasteiger charge is 2.37. The molecule has 0 spiro atoms. The monoisotopic (exact) mass is 403 g/mol. The van der Waals surface area contributed by atoms with E-state index in [1.807, 2.05) is 6.08 Å². The lowest BCUT2D eigenvalue weighted by Crippen LogP contribution is -2.25. The molecule has 0 bridgehead atoms. The van der Waals surface area contributed by atoms with Crippen molar-refractivity contribution in [2.45, 2.75) is 57.7 Å².